The van der Waals surface area contributed by atoms with Crippen LogP contribution >= 0.6 is 0 Å². The third-order valence-corrected chi connectivity index (χ3v) is 7.43. The third kappa shape index (κ3) is 2.13. The lowest BCUT2D eigenvalue weighted by molar-refractivity contribution is -0.00524. The van der Waals surface area contributed by atoms with Gasteiger partial charge in [0.15, 0.2) is 0 Å². The summed E-state index contributed by atoms with van der Waals surface area (Å²) in [7, 11) is 0. The number of aromatic hydroxyl groups is 2. The largest absolute Gasteiger partial charge is 0.508 e. The molecule has 7 rings (SSSR count). The van der Waals surface area contributed by atoms with E-state index in [0.717, 1.165) is 23.3 Å². The van der Waals surface area contributed by atoms with Crippen LogP contribution in [0.4, 0.5) is 0 Å². The maximum Gasteiger partial charge on any atom is 0.344 e. The minimum absolute atomic E-state index is 0.0685. The highest BCUT2D eigenvalue weighted by Gasteiger charge is 2.51. The van der Waals surface area contributed by atoms with Crippen LogP contribution in [-0.2, 0) is 5.41 Å². The van der Waals surface area contributed by atoms with Crippen LogP contribution in [0.3, 0.4) is 0 Å². The van der Waals surface area contributed by atoms with Gasteiger partial charge in [0.25, 0.3) is 0 Å². The molecular weight excluding hydrogens is 340 g/mol. The van der Waals surface area contributed by atoms with Gasteiger partial charge in [-0.2, -0.15) is 0 Å². The lowest BCUT2D eigenvalue weighted by atomic mass is 9.48. The molecule has 4 bridgehead atoms. The van der Waals surface area contributed by atoms with E-state index in [1.54, 1.807) is 6.07 Å². The van der Waals surface area contributed by atoms with Crippen LogP contribution in [0.15, 0.2) is 39.5 Å². The van der Waals surface area contributed by atoms with E-state index >= 15 is 0 Å². The van der Waals surface area contributed by atoms with Gasteiger partial charge < -0.3 is 14.6 Å². The molecule has 0 unspecified atom stereocenters. The molecule has 3 aromatic rings. The highest BCUT2D eigenvalue weighted by atomic mass is 16.4. The topological polar surface area (TPSA) is 70.7 Å². The van der Waals surface area contributed by atoms with Gasteiger partial charge in [-0.25, -0.2) is 4.79 Å². The van der Waals surface area contributed by atoms with Gasteiger partial charge in [-0.05, 0) is 97.6 Å². The van der Waals surface area contributed by atoms with Gasteiger partial charge in [0.1, 0.15) is 17.1 Å². The highest BCUT2D eigenvalue weighted by Crippen LogP contribution is 2.61. The molecule has 1 heterocycles. The predicted molar refractivity (Wildman–Crippen MR) is 103 cm³/mol. The van der Waals surface area contributed by atoms with E-state index in [0.29, 0.717) is 21.7 Å². The molecule has 1 aromatic heterocycles. The summed E-state index contributed by atoms with van der Waals surface area (Å²) < 4.78 is 5.60. The fourth-order valence-electron chi connectivity index (χ4n) is 6.79. The number of hydrogen-bond donors (Lipinski definition) is 2. The van der Waals surface area contributed by atoms with E-state index < -0.39 is 5.63 Å². The highest BCUT2D eigenvalue weighted by molar-refractivity contribution is 6.08. The summed E-state index contributed by atoms with van der Waals surface area (Å²) in [6.45, 7) is 0. The number of hydrogen-bond acceptors (Lipinski definition) is 4. The summed E-state index contributed by atoms with van der Waals surface area (Å²) in [5, 5.41) is 22.2. The average Bonchev–Trinajstić information content (AvgIpc) is 2.60. The van der Waals surface area contributed by atoms with Crippen LogP contribution in [0.1, 0.15) is 44.1 Å². The van der Waals surface area contributed by atoms with Crippen molar-refractivity contribution in [2.75, 3.05) is 0 Å². The van der Waals surface area contributed by atoms with Gasteiger partial charge >= 0.3 is 5.63 Å². The van der Waals surface area contributed by atoms with E-state index in [-0.39, 0.29) is 16.9 Å². The molecule has 4 nitrogen and oxygen atoms in total. The van der Waals surface area contributed by atoms with Gasteiger partial charge in [0.2, 0.25) is 0 Å². The normalized spacial score (nSPS) is 31.8. The number of phenols is 2. The minimum atomic E-state index is -0.431. The molecule has 4 aliphatic rings. The van der Waals surface area contributed by atoms with Crippen molar-refractivity contribution in [2.24, 2.45) is 17.8 Å². The zero-order valence-electron chi connectivity index (χ0n) is 15.1. The molecule has 2 aromatic carbocycles. The molecule has 138 valence electrons. The van der Waals surface area contributed by atoms with Crippen molar-refractivity contribution < 1.29 is 14.6 Å². The molecule has 4 fully saturated rings. The van der Waals surface area contributed by atoms with E-state index in [9.17, 15) is 15.0 Å². The Morgan fingerprint density at radius 1 is 0.889 bits per heavy atom. The Labute approximate surface area is 156 Å². The lowest BCUT2D eigenvalue weighted by Gasteiger charge is -2.57. The summed E-state index contributed by atoms with van der Waals surface area (Å²) in [6, 6.07) is 8.40. The van der Waals surface area contributed by atoms with Crippen LogP contribution in [-0.4, -0.2) is 10.2 Å². The predicted octanol–water partition coefficient (Wildman–Crippen LogP) is 4.83. The standard InChI is InChI=1S/C23H22O4/c24-16-1-2-17-18(8-16)21-19(25)6-15(7-20(21)27-22(17)26)23-9-12-3-13(10-23)5-14(4-12)11-23/h1-2,6-8,12-14,24-25H,3-5,9-11H2. The smallest absolute Gasteiger partial charge is 0.344 e. The summed E-state index contributed by atoms with van der Waals surface area (Å²) in [6.07, 6.45) is 7.63. The second kappa shape index (κ2) is 5.06. The summed E-state index contributed by atoms with van der Waals surface area (Å²) >= 11 is 0. The number of phenolic OH excluding ortho intramolecular Hbond substituents is 2. The first kappa shape index (κ1) is 15.6. The van der Waals surface area contributed by atoms with Gasteiger partial charge in [0, 0.05) is 5.39 Å². The second-order valence-corrected chi connectivity index (χ2v) is 9.19. The Balaban J connectivity index is 1.60. The molecule has 4 saturated carbocycles. The van der Waals surface area contributed by atoms with Gasteiger partial charge in [0.05, 0.1) is 10.8 Å². The third-order valence-electron chi connectivity index (χ3n) is 7.43. The zero-order valence-corrected chi connectivity index (χ0v) is 15.1. The number of benzene rings is 2. The lowest BCUT2D eigenvalue weighted by Crippen LogP contribution is -2.48. The fraction of sp³-hybridized carbons (Fsp3) is 0.435. The van der Waals surface area contributed by atoms with Crippen LogP contribution in [0.2, 0.25) is 0 Å². The zero-order chi connectivity index (χ0) is 18.3. The fourth-order valence-corrected chi connectivity index (χ4v) is 6.79. The van der Waals surface area contributed by atoms with E-state index in [1.165, 1.54) is 50.7 Å². The van der Waals surface area contributed by atoms with Gasteiger partial charge in [-0.1, -0.05) is 0 Å². The van der Waals surface area contributed by atoms with Crippen molar-refractivity contribution in [3.8, 4) is 11.5 Å². The van der Waals surface area contributed by atoms with Crippen molar-refractivity contribution in [3.05, 3.63) is 46.3 Å². The quantitative estimate of drug-likeness (QED) is 0.481. The maximum atomic E-state index is 12.4. The summed E-state index contributed by atoms with van der Waals surface area (Å²) in [5.41, 5.74) is 1.23. The molecule has 4 heteroatoms. The minimum Gasteiger partial charge on any atom is -0.508 e. The Morgan fingerprint density at radius 2 is 1.56 bits per heavy atom. The van der Waals surface area contributed by atoms with E-state index in [2.05, 4.69) is 0 Å². The molecule has 0 radical (unpaired) electrons. The van der Waals surface area contributed by atoms with Crippen LogP contribution in [0.25, 0.3) is 21.7 Å². The summed E-state index contributed by atoms with van der Waals surface area (Å²) in [4.78, 5) is 12.4. The van der Waals surface area contributed by atoms with E-state index in [1.807, 2.05) is 12.1 Å². The molecule has 0 saturated heterocycles. The molecule has 27 heavy (non-hydrogen) atoms. The Bertz CT molecular complexity index is 1120. The van der Waals surface area contributed by atoms with Crippen molar-refractivity contribution in [3.63, 3.8) is 0 Å². The maximum absolute atomic E-state index is 12.4. The second-order valence-electron chi connectivity index (χ2n) is 9.19. The first-order chi connectivity index (χ1) is 13.0. The van der Waals surface area contributed by atoms with Crippen molar-refractivity contribution in [1.82, 2.24) is 0 Å². The molecule has 0 atom stereocenters. The Hall–Kier alpha value is -2.49. The monoisotopic (exact) mass is 362 g/mol. The van der Waals surface area contributed by atoms with Crippen molar-refractivity contribution >= 4 is 21.7 Å². The van der Waals surface area contributed by atoms with Gasteiger partial charge in [-0.3, -0.25) is 0 Å². The van der Waals surface area contributed by atoms with Crippen LogP contribution < -0.4 is 5.63 Å². The molecule has 2 N–H and O–H groups in total. The molecule has 4 aliphatic carbocycles. The van der Waals surface area contributed by atoms with Crippen molar-refractivity contribution in [2.45, 2.75) is 43.9 Å². The van der Waals surface area contributed by atoms with E-state index in [4.69, 9.17) is 4.42 Å². The molecule has 0 spiro atoms. The Kier molecular flexibility index (Phi) is 2.92. The van der Waals surface area contributed by atoms with Crippen LogP contribution in [0.5, 0.6) is 11.5 Å². The molecule has 0 amide bonds. The first-order valence-corrected chi connectivity index (χ1v) is 9.94. The molecular formula is C23H22O4. The van der Waals surface area contributed by atoms with Gasteiger partial charge in [-0.15, -0.1) is 0 Å². The van der Waals surface area contributed by atoms with Crippen LogP contribution in [0, 0.1) is 17.8 Å². The van der Waals surface area contributed by atoms with Crippen molar-refractivity contribution in [1.29, 1.82) is 0 Å². The summed E-state index contributed by atoms with van der Waals surface area (Å²) in [5.74, 6) is 2.61. The number of fused-ring (bicyclic) bond motifs is 3. The first-order valence-electron chi connectivity index (χ1n) is 9.94. The SMILES string of the molecule is O=c1oc2cc(C34CC5CC(CC(C5)C3)C4)cc(O)c2c2cc(O)ccc12. The molecule has 0 aliphatic heterocycles. The number of rotatable bonds is 1. The average molecular weight is 362 g/mol. The Morgan fingerprint density at radius 3 is 2.22 bits per heavy atom.